The summed E-state index contributed by atoms with van der Waals surface area (Å²) >= 11 is 1.57. The Morgan fingerprint density at radius 1 is 1.04 bits per heavy atom. The topological polar surface area (TPSA) is 80.8 Å². The molecule has 0 saturated carbocycles. The molecule has 7 heteroatoms. The van der Waals surface area contributed by atoms with Crippen LogP contribution in [0.15, 0.2) is 54.3 Å². The van der Waals surface area contributed by atoms with E-state index in [-0.39, 0.29) is 6.04 Å². The van der Waals surface area contributed by atoms with Crippen molar-refractivity contribution in [3.05, 3.63) is 54.3 Å². The minimum absolute atomic E-state index is 0.221. The lowest BCUT2D eigenvalue weighted by Gasteiger charge is -2.33. The lowest BCUT2D eigenvalue weighted by molar-refractivity contribution is 0.507. The molecule has 0 spiro atoms. The monoisotopic (exact) mass is 388 g/mol. The molecular weight excluding hydrogens is 368 g/mol. The predicted octanol–water partition coefficient (Wildman–Crippen LogP) is 3.74. The number of pyridine rings is 1. The molecule has 0 bridgehead atoms. The number of nitrogens with zero attached hydrogens (tertiary/aromatic N) is 5. The van der Waals surface area contributed by atoms with Crippen molar-refractivity contribution in [2.45, 2.75) is 18.9 Å². The third-order valence-corrected chi connectivity index (χ3v) is 5.88. The van der Waals surface area contributed by atoms with Gasteiger partial charge in [-0.3, -0.25) is 4.98 Å². The average molecular weight is 389 g/mol. The zero-order chi connectivity index (χ0) is 18.9. The van der Waals surface area contributed by atoms with E-state index in [1.54, 1.807) is 23.7 Å². The summed E-state index contributed by atoms with van der Waals surface area (Å²) in [6.45, 7) is 1.90. The number of anilines is 1. The number of benzene rings is 1. The maximum Gasteiger partial charge on any atom is 0.159 e. The second-order valence-corrected chi connectivity index (χ2v) is 7.91. The number of nitrogens with two attached hydrogens (primary N) is 1. The molecule has 1 aliphatic heterocycles. The maximum absolute atomic E-state index is 6.21. The molecule has 1 fully saturated rings. The first kappa shape index (κ1) is 17.2. The van der Waals surface area contributed by atoms with Crippen LogP contribution in [-0.4, -0.2) is 39.1 Å². The summed E-state index contributed by atoms with van der Waals surface area (Å²) in [4.78, 5) is 20.5. The van der Waals surface area contributed by atoms with Crippen molar-refractivity contribution in [3.63, 3.8) is 0 Å². The van der Waals surface area contributed by atoms with Crippen molar-refractivity contribution >= 4 is 27.9 Å². The standard InChI is InChI=1S/C21H20N6S/c22-15-2-1-10-27(13-15)19-6-8-23-17-4-3-14(12-16(17)19)20-24-7-5-18(26-20)21-25-9-11-28-21/h3-9,11-12,15H,1-2,10,13,22H2/t15-/m0/s1. The van der Waals surface area contributed by atoms with E-state index < -0.39 is 0 Å². The molecule has 1 atom stereocenters. The van der Waals surface area contributed by atoms with Gasteiger partial charge in [-0.2, -0.15) is 0 Å². The van der Waals surface area contributed by atoms with Gasteiger partial charge in [0, 0.05) is 59.7 Å². The molecule has 0 aliphatic carbocycles. The first-order valence-electron chi connectivity index (χ1n) is 9.40. The zero-order valence-electron chi connectivity index (χ0n) is 15.3. The number of piperidine rings is 1. The summed E-state index contributed by atoms with van der Waals surface area (Å²) in [7, 11) is 0. The van der Waals surface area contributed by atoms with Gasteiger partial charge in [-0.15, -0.1) is 11.3 Å². The van der Waals surface area contributed by atoms with Crippen molar-refractivity contribution in [1.82, 2.24) is 19.9 Å². The van der Waals surface area contributed by atoms with Gasteiger partial charge in [0.05, 0.1) is 5.52 Å². The smallest absolute Gasteiger partial charge is 0.159 e. The second-order valence-electron chi connectivity index (χ2n) is 7.01. The van der Waals surface area contributed by atoms with E-state index in [0.717, 1.165) is 53.1 Å². The van der Waals surface area contributed by atoms with E-state index in [1.165, 1.54) is 5.69 Å². The number of hydrogen-bond acceptors (Lipinski definition) is 7. The Balaban J connectivity index is 1.58. The van der Waals surface area contributed by atoms with Crippen molar-refractivity contribution < 1.29 is 0 Å². The van der Waals surface area contributed by atoms with Gasteiger partial charge in [0.25, 0.3) is 0 Å². The van der Waals surface area contributed by atoms with E-state index in [1.807, 2.05) is 29.8 Å². The highest BCUT2D eigenvalue weighted by Crippen LogP contribution is 2.31. The average Bonchev–Trinajstić information content (AvgIpc) is 3.28. The SMILES string of the molecule is N[C@H]1CCCN(c2ccnc3ccc(-c4nccc(-c5nccs5)n4)cc23)C1. The van der Waals surface area contributed by atoms with Gasteiger partial charge in [0.2, 0.25) is 0 Å². The predicted molar refractivity (Wildman–Crippen MR) is 113 cm³/mol. The summed E-state index contributed by atoms with van der Waals surface area (Å²) < 4.78 is 0. The molecule has 1 aromatic carbocycles. The Bertz CT molecular complexity index is 1110. The summed E-state index contributed by atoms with van der Waals surface area (Å²) in [5.74, 6) is 0.694. The fraction of sp³-hybridized carbons (Fsp3) is 0.238. The van der Waals surface area contributed by atoms with Crippen LogP contribution in [0.3, 0.4) is 0 Å². The number of aromatic nitrogens is 4. The Labute approximate surface area is 167 Å². The van der Waals surface area contributed by atoms with Crippen LogP contribution in [0, 0.1) is 0 Å². The third kappa shape index (κ3) is 3.23. The first-order chi connectivity index (χ1) is 13.8. The molecule has 140 valence electrons. The molecule has 6 nitrogen and oxygen atoms in total. The fourth-order valence-electron chi connectivity index (χ4n) is 3.74. The highest BCUT2D eigenvalue weighted by atomic mass is 32.1. The van der Waals surface area contributed by atoms with Crippen LogP contribution >= 0.6 is 11.3 Å². The molecule has 0 amide bonds. The third-order valence-electron chi connectivity index (χ3n) is 5.08. The lowest BCUT2D eigenvalue weighted by atomic mass is 10.0. The van der Waals surface area contributed by atoms with Crippen LogP contribution in [-0.2, 0) is 0 Å². The zero-order valence-corrected chi connectivity index (χ0v) is 16.1. The largest absolute Gasteiger partial charge is 0.369 e. The Kier molecular flexibility index (Phi) is 4.46. The second kappa shape index (κ2) is 7.26. The molecule has 3 aromatic heterocycles. The number of fused-ring (bicyclic) bond motifs is 1. The highest BCUT2D eigenvalue weighted by Gasteiger charge is 2.19. The Morgan fingerprint density at radius 3 is 2.82 bits per heavy atom. The van der Waals surface area contributed by atoms with Gasteiger partial charge in [-0.1, -0.05) is 0 Å². The maximum atomic E-state index is 6.21. The van der Waals surface area contributed by atoms with Crippen molar-refractivity contribution in [3.8, 4) is 22.1 Å². The quantitative estimate of drug-likeness (QED) is 0.576. The van der Waals surface area contributed by atoms with Crippen LogP contribution in [0.5, 0.6) is 0 Å². The van der Waals surface area contributed by atoms with E-state index in [0.29, 0.717) is 5.82 Å². The van der Waals surface area contributed by atoms with E-state index >= 15 is 0 Å². The minimum Gasteiger partial charge on any atom is -0.369 e. The van der Waals surface area contributed by atoms with Crippen LogP contribution < -0.4 is 10.6 Å². The van der Waals surface area contributed by atoms with E-state index in [9.17, 15) is 0 Å². The summed E-state index contributed by atoms with van der Waals surface area (Å²) in [5.41, 5.74) is 10.2. The molecule has 0 unspecified atom stereocenters. The van der Waals surface area contributed by atoms with Crippen LogP contribution in [0.2, 0.25) is 0 Å². The molecular formula is C21H20N6S. The molecule has 4 aromatic rings. The number of thiazole rings is 1. The molecule has 2 N–H and O–H groups in total. The lowest BCUT2D eigenvalue weighted by Crippen LogP contribution is -2.42. The van der Waals surface area contributed by atoms with Gasteiger partial charge in [-0.25, -0.2) is 15.0 Å². The normalized spacial score (nSPS) is 17.2. The van der Waals surface area contributed by atoms with Crippen LogP contribution in [0.25, 0.3) is 33.0 Å². The number of rotatable bonds is 3. The summed E-state index contributed by atoms with van der Waals surface area (Å²) in [5, 5.41) is 3.96. The van der Waals surface area contributed by atoms with Gasteiger partial charge >= 0.3 is 0 Å². The molecule has 1 saturated heterocycles. The van der Waals surface area contributed by atoms with Crippen molar-refractivity contribution in [1.29, 1.82) is 0 Å². The molecule has 28 heavy (non-hydrogen) atoms. The van der Waals surface area contributed by atoms with Gasteiger partial charge in [0.15, 0.2) is 5.82 Å². The van der Waals surface area contributed by atoms with Crippen LogP contribution in [0.4, 0.5) is 5.69 Å². The fourth-order valence-corrected chi connectivity index (χ4v) is 4.35. The summed E-state index contributed by atoms with van der Waals surface area (Å²) in [6, 6.07) is 10.4. The van der Waals surface area contributed by atoms with Gasteiger partial charge in [0.1, 0.15) is 10.7 Å². The molecule has 5 rings (SSSR count). The summed E-state index contributed by atoms with van der Waals surface area (Å²) in [6.07, 6.45) is 7.65. The number of hydrogen-bond donors (Lipinski definition) is 1. The van der Waals surface area contributed by atoms with Crippen LogP contribution in [0.1, 0.15) is 12.8 Å². The van der Waals surface area contributed by atoms with Crippen molar-refractivity contribution in [2.75, 3.05) is 18.0 Å². The minimum atomic E-state index is 0.221. The van der Waals surface area contributed by atoms with Gasteiger partial charge in [-0.05, 0) is 43.2 Å². The highest BCUT2D eigenvalue weighted by molar-refractivity contribution is 7.13. The van der Waals surface area contributed by atoms with E-state index in [4.69, 9.17) is 10.7 Å². The molecule has 0 radical (unpaired) electrons. The Morgan fingerprint density at radius 2 is 1.96 bits per heavy atom. The first-order valence-corrected chi connectivity index (χ1v) is 10.3. The molecule has 1 aliphatic rings. The van der Waals surface area contributed by atoms with Gasteiger partial charge < -0.3 is 10.6 Å². The van der Waals surface area contributed by atoms with Crippen molar-refractivity contribution in [2.24, 2.45) is 5.73 Å². The molecule has 4 heterocycles. The van der Waals surface area contributed by atoms with E-state index in [2.05, 4.69) is 32.0 Å². The Hall–Kier alpha value is -2.90.